The van der Waals surface area contributed by atoms with Crippen molar-refractivity contribution in [3.63, 3.8) is 0 Å². The van der Waals surface area contributed by atoms with Gasteiger partial charge in [0.25, 0.3) is 5.69 Å². The molecule has 0 unspecified atom stereocenters. The van der Waals surface area contributed by atoms with E-state index >= 15 is 0 Å². The number of likely N-dealkylation sites (tertiary alicyclic amines) is 1. The Balaban J connectivity index is 1.97. The fourth-order valence-electron chi connectivity index (χ4n) is 3.01. The Kier molecular flexibility index (Phi) is 6.16. The van der Waals surface area contributed by atoms with E-state index in [1.807, 2.05) is 6.92 Å². The minimum atomic E-state index is -0.481. The summed E-state index contributed by atoms with van der Waals surface area (Å²) in [5.41, 5.74) is 1.58. The zero-order chi connectivity index (χ0) is 17.7. The van der Waals surface area contributed by atoms with Gasteiger partial charge in [-0.15, -0.1) is 0 Å². The van der Waals surface area contributed by atoms with Crippen molar-refractivity contribution in [1.82, 2.24) is 10.2 Å². The van der Waals surface area contributed by atoms with Gasteiger partial charge in [-0.05, 0) is 38.9 Å². The second-order valence-electron chi connectivity index (χ2n) is 6.30. The van der Waals surface area contributed by atoms with E-state index in [9.17, 15) is 15.2 Å². The molecule has 0 aromatic heterocycles. The van der Waals surface area contributed by atoms with Crippen molar-refractivity contribution in [2.75, 3.05) is 26.7 Å². The minimum absolute atomic E-state index is 0.0967. The van der Waals surface area contributed by atoms with Gasteiger partial charge in [0.05, 0.1) is 18.1 Å². The van der Waals surface area contributed by atoms with E-state index in [0.717, 1.165) is 44.1 Å². The summed E-state index contributed by atoms with van der Waals surface area (Å²) in [6.07, 6.45) is 1.99. The highest BCUT2D eigenvalue weighted by molar-refractivity contribution is 5.53. The number of rotatable bonds is 7. The summed E-state index contributed by atoms with van der Waals surface area (Å²) in [5, 5.41) is 24.3. The molecule has 1 aromatic carbocycles. The summed E-state index contributed by atoms with van der Waals surface area (Å²) in [5.74, 6) is 0.0229. The lowest BCUT2D eigenvalue weighted by molar-refractivity contribution is -0.385. The molecule has 2 rings (SSSR count). The smallest absolute Gasteiger partial charge is 0.277 e. The van der Waals surface area contributed by atoms with Crippen LogP contribution in [-0.2, 0) is 6.54 Å². The highest BCUT2D eigenvalue weighted by Gasteiger charge is 2.22. The summed E-state index contributed by atoms with van der Waals surface area (Å²) in [6.45, 7) is 9.25. The van der Waals surface area contributed by atoms with Crippen LogP contribution >= 0.6 is 0 Å². The van der Waals surface area contributed by atoms with Gasteiger partial charge in [0.15, 0.2) is 11.5 Å². The number of nitro benzene ring substituents is 1. The summed E-state index contributed by atoms with van der Waals surface area (Å²) >= 11 is 0. The fraction of sp³-hybridized carbons (Fsp3) is 0.529. The second-order valence-corrected chi connectivity index (χ2v) is 6.30. The van der Waals surface area contributed by atoms with E-state index < -0.39 is 4.92 Å². The molecule has 0 atom stereocenters. The SMILES string of the molecule is C=C(C)CN1CCC(NCc2cc(OC)c(O)cc2[N+](=O)[O-])CC1. The second kappa shape index (κ2) is 8.12. The van der Waals surface area contributed by atoms with Crippen molar-refractivity contribution >= 4 is 5.69 Å². The van der Waals surface area contributed by atoms with Crippen LogP contribution in [-0.4, -0.2) is 47.7 Å². The van der Waals surface area contributed by atoms with Crippen LogP contribution in [0.4, 0.5) is 5.69 Å². The Hall–Kier alpha value is -2.12. The molecule has 0 amide bonds. The van der Waals surface area contributed by atoms with E-state index in [0.29, 0.717) is 18.2 Å². The van der Waals surface area contributed by atoms with Crippen LogP contribution in [0.2, 0.25) is 0 Å². The maximum Gasteiger partial charge on any atom is 0.277 e. The quantitative estimate of drug-likeness (QED) is 0.452. The number of nitrogens with one attached hydrogen (secondary N) is 1. The molecule has 0 bridgehead atoms. The van der Waals surface area contributed by atoms with Gasteiger partial charge >= 0.3 is 0 Å². The average molecular weight is 335 g/mol. The van der Waals surface area contributed by atoms with Gasteiger partial charge < -0.3 is 15.2 Å². The molecule has 1 aliphatic heterocycles. The predicted molar refractivity (Wildman–Crippen MR) is 92.4 cm³/mol. The maximum atomic E-state index is 11.2. The number of piperidine rings is 1. The first kappa shape index (κ1) is 18.2. The lowest BCUT2D eigenvalue weighted by atomic mass is 10.0. The van der Waals surface area contributed by atoms with E-state index in [-0.39, 0.29) is 17.2 Å². The van der Waals surface area contributed by atoms with Crippen molar-refractivity contribution in [3.8, 4) is 11.5 Å². The summed E-state index contributed by atoms with van der Waals surface area (Å²) in [6, 6.07) is 2.99. The van der Waals surface area contributed by atoms with Crippen LogP contribution in [0.25, 0.3) is 0 Å². The molecule has 132 valence electrons. The van der Waals surface area contributed by atoms with Gasteiger partial charge in [0, 0.05) is 24.7 Å². The van der Waals surface area contributed by atoms with Crippen molar-refractivity contribution in [2.45, 2.75) is 32.4 Å². The van der Waals surface area contributed by atoms with Gasteiger partial charge in [-0.1, -0.05) is 12.2 Å². The van der Waals surface area contributed by atoms with Crippen LogP contribution in [0.1, 0.15) is 25.3 Å². The number of phenolic OH excluding ortho intramolecular Hbond substituents is 1. The molecule has 1 saturated heterocycles. The Morgan fingerprint density at radius 2 is 2.17 bits per heavy atom. The van der Waals surface area contributed by atoms with Gasteiger partial charge in [0.2, 0.25) is 0 Å². The molecule has 2 N–H and O–H groups in total. The molecule has 0 radical (unpaired) electrons. The Morgan fingerprint density at radius 1 is 1.50 bits per heavy atom. The number of ether oxygens (including phenoxy) is 1. The lowest BCUT2D eigenvalue weighted by Gasteiger charge is -2.32. The molecule has 1 fully saturated rings. The van der Waals surface area contributed by atoms with Crippen LogP contribution in [0.5, 0.6) is 11.5 Å². The first-order valence-corrected chi connectivity index (χ1v) is 8.05. The van der Waals surface area contributed by atoms with Gasteiger partial charge in [-0.2, -0.15) is 0 Å². The largest absolute Gasteiger partial charge is 0.504 e. The summed E-state index contributed by atoms with van der Waals surface area (Å²) < 4.78 is 5.05. The molecular formula is C17H25N3O4. The van der Waals surface area contributed by atoms with Gasteiger partial charge in [0.1, 0.15) is 0 Å². The predicted octanol–water partition coefficient (Wildman–Crippen LogP) is 2.44. The number of aromatic hydroxyl groups is 1. The van der Waals surface area contributed by atoms with E-state index in [1.54, 1.807) is 0 Å². The molecule has 7 nitrogen and oxygen atoms in total. The third-order valence-corrected chi connectivity index (χ3v) is 4.24. The molecule has 0 saturated carbocycles. The molecule has 1 heterocycles. The number of hydrogen-bond donors (Lipinski definition) is 2. The van der Waals surface area contributed by atoms with Crippen LogP contribution < -0.4 is 10.1 Å². The first-order valence-electron chi connectivity index (χ1n) is 8.05. The fourth-order valence-corrected chi connectivity index (χ4v) is 3.01. The summed E-state index contributed by atoms with van der Waals surface area (Å²) in [4.78, 5) is 13.1. The van der Waals surface area contributed by atoms with Crippen molar-refractivity contribution in [1.29, 1.82) is 0 Å². The standard InChI is InChI=1S/C17H25N3O4/c1-12(2)11-19-6-4-14(5-7-19)18-10-13-8-17(24-3)16(21)9-15(13)20(22)23/h8-9,14,18,21H,1,4-7,10-11H2,2-3H3. The minimum Gasteiger partial charge on any atom is -0.504 e. The highest BCUT2D eigenvalue weighted by atomic mass is 16.6. The van der Waals surface area contributed by atoms with Crippen molar-refractivity contribution < 1.29 is 14.8 Å². The Labute approximate surface area is 142 Å². The zero-order valence-corrected chi connectivity index (χ0v) is 14.2. The maximum absolute atomic E-state index is 11.2. The third-order valence-electron chi connectivity index (χ3n) is 4.24. The topological polar surface area (TPSA) is 87.9 Å². The van der Waals surface area contributed by atoms with E-state index in [1.165, 1.54) is 13.2 Å². The lowest BCUT2D eigenvalue weighted by Crippen LogP contribution is -2.42. The number of hydrogen-bond acceptors (Lipinski definition) is 6. The van der Waals surface area contributed by atoms with Gasteiger partial charge in [-0.3, -0.25) is 15.0 Å². The number of nitrogens with zero attached hydrogens (tertiary/aromatic N) is 2. The molecule has 0 spiro atoms. The number of nitro groups is 1. The first-order chi connectivity index (χ1) is 11.4. The Morgan fingerprint density at radius 3 is 2.71 bits per heavy atom. The third kappa shape index (κ3) is 4.69. The van der Waals surface area contributed by atoms with E-state index in [4.69, 9.17) is 4.74 Å². The molecule has 7 heteroatoms. The molecule has 1 aliphatic rings. The van der Waals surface area contributed by atoms with Gasteiger partial charge in [-0.25, -0.2) is 0 Å². The average Bonchev–Trinajstić information content (AvgIpc) is 2.54. The highest BCUT2D eigenvalue weighted by Crippen LogP contribution is 2.33. The van der Waals surface area contributed by atoms with Crippen LogP contribution in [0.3, 0.4) is 0 Å². The molecular weight excluding hydrogens is 310 g/mol. The van der Waals surface area contributed by atoms with Crippen LogP contribution in [0.15, 0.2) is 24.3 Å². The van der Waals surface area contributed by atoms with E-state index in [2.05, 4.69) is 16.8 Å². The molecule has 0 aliphatic carbocycles. The number of methoxy groups -OCH3 is 1. The summed E-state index contributed by atoms with van der Waals surface area (Å²) in [7, 11) is 1.43. The van der Waals surface area contributed by atoms with Crippen molar-refractivity contribution in [2.24, 2.45) is 0 Å². The monoisotopic (exact) mass is 335 g/mol. The zero-order valence-electron chi connectivity index (χ0n) is 14.2. The number of phenols is 1. The number of benzene rings is 1. The Bertz CT molecular complexity index is 610. The van der Waals surface area contributed by atoms with Crippen molar-refractivity contribution in [3.05, 3.63) is 40.0 Å². The van der Waals surface area contributed by atoms with Crippen LogP contribution in [0, 0.1) is 10.1 Å². The normalized spacial score (nSPS) is 16.1. The molecule has 24 heavy (non-hydrogen) atoms. The molecule has 1 aromatic rings.